The number of ketones is 1. The third-order valence-electron chi connectivity index (χ3n) is 10.4. The van der Waals surface area contributed by atoms with E-state index in [-0.39, 0.29) is 30.0 Å². The molecule has 0 unspecified atom stereocenters. The summed E-state index contributed by atoms with van der Waals surface area (Å²) in [5.74, 6) is 0.713. The van der Waals surface area contributed by atoms with Crippen molar-refractivity contribution in [2.45, 2.75) is 6.92 Å². The number of allylic oxidation sites excluding steroid dienone is 1. The van der Waals surface area contributed by atoms with Crippen LogP contribution in [-0.4, -0.2) is 164 Å². The van der Waals surface area contributed by atoms with E-state index in [0.717, 1.165) is 91.8 Å². The minimum atomic E-state index is -4.86. The molecule has 0 bridgehead atoms. The lowest BCUT2D eigenvalue weighted by molar-refractivity contribution is -0.122. The van der Waals surface area contributed by atoms with Gasteiger partial charge in [0.25, 0.3) is 26.7 Å². The van der Waals surface area contributed by atoms with E-state index >= 15 is 0 Å². The number of piperazine rings is 2. The number of carbonyl (C=O) groups excluding carboxylic acids is 1. The van der Waals surface area contributed by atoms with Crippen LogP contribution in [0.5, 0.6) is 0 Å². The number of rotatable bonds is 12. The summed E-state index contributed by atoms with van der Waals surface area (Å²) in [5, 5.41) is 15.2. The Labute approximate surface area is 397 Å². The van der Waals surface area contributed by atoms with Crippen LogP contribution in [0.1, 0.15) is 21.5 Å². The second kappa shape index (κ2) is 23.3. The summed E-state index contributed by atoms with van der Waals surface area (Å²) in [6, 6.07) is 18.3. The highest BCUT2D eigenvalue weighted by Crippen LogP contribution is 2.33. The SMILES string of the molecule is CS(=O)(=O)O.Cc1ccc2nc(-c3ccc(N/N=C4\C(=O)c5ccc(Nc6nc(N7CCN(CCN)CC7)nc(N7CCN(CCN)CC7)n6)cc5C=C4S(=O)(=O)O)cc3)sc2c1.Cl.O=CO. The number of hydrogen-bond donors (Lipinski definition) is 7. The van der Waals surface area contributed by atoms with E-state index in [2.05, 4.69) is 41.5 Å². The predicted octanol–water partition coefficient (Wildman–Crippen LogP) is 2.88. The lowest BCUT2D eigenvalue weighted by atomic mass is 9.94. The number of Topliss-reactive ketones (excluding diaryl/α,β-unsaturated/α-hetero) is 1. The molecule has 8 rings (SSSR count). The van der Waals surface area contributed by atoms with E-state index in [4.69, 9.17) is 45.9 Å². The molecule has 26 heteroatoms. The number of hydrogen-bond acceptors (Lipinski definition) is 20. The summed E-state index contributed by atoms with van der Waals surface area (Å²) in [6.45, 7) is 10.9. The van der Waals surface area contributed by atoms with E-state index in [0.29, 0.717) is 48.6 Å². The van der Waals surface area contributed by atoms with Crippen molar-refractivity contribution in [3.05, 3.63) is 82.3 Å². The number of nitrogens with two attached hydrogens (primary N) is 2. The average Bonchev–Trinajstić information content (AvgIpc) is 3.70. The molecule has 22 nitrogen and oxygen atoms in total. The first kappa shape index (κ1) is 52.2. The molecule has 2 aromatic heterocycles. The number of carbonyl (C=O) groups is 2. The number of anilines is 5. The number of fused-ring (bicyclic) bond motifs is 2. The van der Waals surface area contributed by atoms with Crippen LogP contribution in [0.15, 0.2) is 70.7 Å². The molecule has 360 valence electrons. The van der Waals surface area contributed by atoms with Gasteiger partial charge in [-0.05, 0) is 78.7 Å². The van der Waals surface area contributed by atoms with E-state index in [1.807, 2.05) is 31.2 Å². The van der Waals surface area contributed by atoms with Crippen molar-refractivity contribution in [1.29, 1.82) is 0 Å². The van der Waals surface area contributed by atoms with Gasteiger partial charge in [-0.2, -0.15) is 36.9 Å². The van der Waals surface area contributed by atoms with Gasteiger partial charge >= 0.3 is 0 Å². The first-order valence-corrected chi connectivity index (χ1v) is 24.6. The fraction of sp³-hybridized carbons (Fsp3) is 0.341. The Balaban J connectivity index is 0.000000866. The predicted molar refractivity (Wildman–Crippen MR) is 263 cm³/mol. The number of benzene rings is 3. The third-order valence-corrected chi connectivity index (χ3v) is 12.3. The Morgan fingerprint density at radius 1 is 0.791 bits per heavy atom. The van der Waals surface area contributed by atoms with Crippen LogP contribution in [0, 0.1) is 6.92 Å². The van der Waals surface area contributed by atoms with E-state index in [1.165, 1.54) is 6.08 Å². The molecule has 0 atom stereocenters. The molecular formula is C41H52ClN13O9S3. The van der Waals surface area contributed by atoms with Gasteiger partial charge in [-0.25, -0.2) is 4.98 Å². The number of nitrogens with zero attached hydrogens (tertiary/aromatic N) is 9. The van der Waals surface area contributed by atoms with Gasteiger partial charge in [0.2, 0.25) is 23.6 Å². The second-order valence-electron chi connectivity index (χ2n) is 15.2. The highest BCUT2D eigenvalue weighted by molar-refractivity contribution is 7.91. The fourth-order valence-electron chi connectivity index (χ4n) is 7.21. The maximum atomic E-state index is 13.8. The molecule has 1 aliphatic carbocycles. The highest BCUT2D eigenvalue weighted by Gasteiger charge is 2.33. The van der Waals surface area contributed by atoms with Gasteiger partial charge in [-0.15, -0.1) is 23.7 Å². The van der Waals surface area contributed by atoms with Crippen molar-refractivity contribution in [3.63, 3.8) is 0 Å². The van der Waals surface area contributed by atoms with E-state index < -0.39 is 36.6 Å². The number of carboxylic acid groups (broad SMARTS) is 1. The Kier molecular flexibility index (Phi) is 18.2. The number of nitrogens with one attached hydrogen (secondary N) is 2. The molecule has 5 aromatic rings. The van der Waals surface area contributed by atoms with Crippen molar-refractivity contribution < 1.29 is 40.6 Å². The first-order valence-electron chi connectivity index (χ1n) is 20.5. The molecule has 0 spiro atoms. The Morgan fingerprint density at radius 3 is 1.85 bits per heavy atom. The van der Waals surface area contributed by atoms with Gasteiger partial charge in [0.05, 0.1) is 22.2 Å². The Bertz CT molecular complexity index is 2760. The van der Waals surface area contributed by atoms with Crippen LogP contribution in [0.4, 0.5) is 29.2 Å². The van der Waals surface area contributed by atoms with Crippen LogP contribution in [0.3, 0.4) is 0 Å². The summed E-state index contributed by atoms with van der Waals surface area (Å²) in [4.78, 5) is 49.6. The van der Waals surface area contributed by atoms with Crippen LogP contribution in [0.2, 0.25) is 0 Å². The van der Waals surface area contributed by atoms with Crippen molar-refractivity contribution >= 4 is 107 Å². The van der Waals surface area contributed by atoms with Crippen LogP contribution in [-0.2, 0) is 25.0 Å². The molecule has 4 heterocycles. The third kappa shape index (κ3) is 14.4. The van der Waals surface area contributed by atoms with Crippen molar-refractivity contribution in [3.8, 4) is 10.6 Å². The molecule has 2 fully saturated rings. The number of hydrazone groups is 1. The van der Waals surface area contributed by atoms with Crippen LogP contribution >= 0.6 is 23.7 Å². The topological polar surface area (TPSA) is 316 Å². The molecule has 3 aliphatic rings. The lowest BCUT2D eigenvalue weighted by Crippen LogP contribution is -2.49. The summed E-state index contributed by atoms with van der Waals surface area (Å²) in [5.41, 5.74) is 18.4. The van der Waals surface area contributed by atoms with Crippen LogP contribution < -0.4 is 32.0 Å². The molecule has 3 aromatic carbocycles. The summed E-state index contributed by atoms with van der Waals surface area (Å²) in [6.07, 6.45) is 1.95. The van der Waals surface area contributed by atoms with Crippen molar-refractivity contribution in [2.75, 3.05) is 105 Å². The summed E-state index contributed by atoms with van der Waals surface area (Å²) < 4.78 is 62.6. The lowest BCUT2D eigenvalue weighted by Gasteiger charge is -2.36. The van der Waals surface area contributed by atoms with E-state index in [9.17, 15) is 26.2 Å². The minimum absolute atomic E-state index is 0. The van der Waals surface area contributed by atoms with Crippen molar-refractivity contribution in [2.24, 2.45) is 16.6 Å². The second-order valence-corrected chi connectivity index (χ2v) is 19.1. The minimum Gasteiger partial charge on any atom is -0.483 e. The smallest absolute Gasteiger partial charge is 0.296 e. The number of halogens is 1. The number of aryl methyl sites for hydroxylation is 1. The summed E-state index contributed by atoms with van der Waals surface area (Å²) >= 11 is 1.59. The van der Waals surface area contributed by atoms with Crippen molar-refractivity contribution in [1.82, 2.24) is 29.7 Å². The normalized spacial score (nSPS) is 16.2. The molecule has 67 heavy (non-hydrogen) atoms. The fourth-order valence-corrected chi connectivity index (χ4v) is 8.94. The maximum Gasteiger partial charge on any atom is 0.296 e. The van der Waals surface area contributed by atoms with Crippen LogP contribution in [0.25, 0.3) is 26.9 Å². The zero-order valence-electron chi connectivity index (χ0n) is 36.5. The molecular weight excluding hydrogens is 950 g/mol. The van der Waals surface area contributed by atoms with Gasteiger partial charge in [0, 0.05) is 95.4 Å². The average molecular weight is 1000 g/mol. The standard InChI is InChI=1S/C39H45N13O4S2.CH4O3S.CH2O2.ClH/c1-25-2-9-31-32(22-25)57-36(43-31)26-3-5-28(6-4-26)47-48-34-33(58(54,55)56)24-27-23-29(7-8-30(27)35(34)53)42-37-44-38(51-18-14-49(12-10-40)15-19-51)46-39(45-37)52-20-16-50(13-11-41)17-21-52;1-5(2,3)4;2-1-3;/h2-9,22-24,47H,10-21,40-41H2,1H3,(H,54,55,56)(H,42,44,45,46);1H3,(H,2,3,4);1H,(H,2,3);1H/b48-34-;;;. The summed E-state index contributed by atoms with van der Waals surface area (Å²) in [7, 11) is -8.53. The maximum absolute atomic E-state index is 13.8. The molecule has 0 amide bonds. The Hall–Kier alpha value is -5.74. The number of aromatic nitrogens is 4. The molecule has 2 aliphatic heterocycles. The quantitative estimate of drug-likeness (QED) is 0.0537. The monoisotopic (exact) mass is 1000 g/mol. The first-order chi connectivity index (χ1) is 31.5. The molecule has 0 radical (unpaired) electrons. The Morgan fingerprint density at radius 2 is 1.33 bits per heavy atom. The number of thiazole rings is 1. The van der Waals surface area contributed by atoms with Gasteiger partial charge in [0.1, 0.15) is 9.91 Å². The molecule has 0 saturated carbocycles. The van der Waals surface area contributed by atoms with E-state index in [1.54, 1.807) is 41.7 Å². The highest BCUT2D eigenvalue weighted by atomic mass is 35.5. The van der Waals surface area contributed by atoms with Gasteiger partial charge in [-0.3, -0.25) is 33.9 Å². The largest absolute Gasteiger partial charge is 0.483 e. The van der Waals surface area contributed by atoms with Gasteiger partial charge in [0.15, 0.2) is 5.71 Å². The van der Waals surface area contributed by atoms with Gasteiger partial charge < -0.3 is 31.7 Å². The molecule has 9 N–H and O–H groups in total. The zero-order chi connectivity index (χ0) is 47.6. The zero-order valence-corrected chi connectivity index (χ0v) is 39.8. The molecule has 2 saturated heterocycles. The van der Waals surface area contributed by atoms with Gasteiger partial charge in [-0.1, -0.05) is 6.07 Å².